The number of fused-ring (bicyclic) bond motifs is 2. The van der Waals surface area contributed by atoms with Crippen LogP contribution in [0.15, 0.2) is 0 Å². The molecule has 78 valence electrons. The number of aliphatic carboxylic acids is 1. The Kier molecular flexibility index (Phi) is 2.09. The standard InChI is InChI=1S/C9H14N2O3/c10-9(14)11-7-5-2-1-4(3-5)6(7)8(12)13/h4-7H,1-3H2,(H,12,13)(H3,10,11,14). The van der Waals surface area contributed by atoms with E-state index in [1.165, 1.54) is 0 Å². The van der Waals surface area contributed by atoms with Crippen LogP contribution in [0, 0.1) is 17.8 Å². The summed E-state index contributed by atoms with van der Waals surface area (Å²) in [5.74, 6) is -0.694. The highest BCUT2D eigenvalue weighted by atomic mass is 16.4. The average molecular weight is 198 g/mol. The first-order valence-electron chi connectivity index (χ1n) is 4.88. The summed E-state index contributed by atoms with van der Waals surface area (Å²) < 4.78 is 0. The van der Waals surface area contributed by atoms with Crippen molar-refractivity contribution in [2.75, 3.05) is 0 Å². The van der Waals surface area contributed by atoms with Crippen molar-refractivity contribution in [3.63, 3.8) is 0 Å². The zero-order valence-electron chi connectivity index (χ0n) is 7.77. The summed E-state index contributed by atoms with van der Waals surface area (Å²) in [6.45, 7) is 0. The minimum absolute atomic E-state index is 0.231. The van der Waals surface area contributed by atoms with Crippen molar-refractivity contribution in [1.29, 1.82) is 0 Å². The molecule has 2 saturated carbocycles. The Morgan fingerprint density at radius 2 is 1.93 bits per heavy atom. The van der Waals surface area contributed by atoms with Gasteiger partial charge < -0.3 is 16.2 Å². The van der Waals surface area contributed by atoms with E-state index in [0.717, 1.165) is 19.3 Å². The largest absolute Gasteiger partial charge is 0.481 e. The van der Waals surface area contributed by atoms with Gasteiger partial charge in [0, 0.05) is 6.04 Å². The van der Waals surface area contributed by atoms with E-state index in [1.807, 2.05) is 0 Å². The SMILES string of the molecule is NC(=O)NC1C2CCC(C2)C1C(=O)O. The molecule has 5 nitrogen and oxygen atoms in total. The van der Waals surface area contributed by atoms with Gasteiger partial charge in [-0.1, -0.05) is 0 Å². The highest BCUT2D eigenvalue weighted by molar-refractivity contribution is 5.76. The number of carbonyl (C=O) groups excluding carboxylic acids is 1. The van der Waals surface area contributed by atoms with Crippen molar-refractivity contribution < 1.29 is 14.7 Å². The van der Waals surface area contributed by atoms with E-state index in [0.29, 0.717) is 5.92 Å². The molecule has 0 spiro atoms. The van der Waals surface area contributed by atoms with Gasteiger partial charge >= 0.3 is 12.0 Å². The first-order chi connectivity index (χ1) is 6.59. The normalized spacial score (nSPS) is 39.7. The number of carboxylic acid groups (broad SMARTS) is 1. The minimum atomic E-state index is -0.809. The quantitative estimate of drug-likeness (QED) is 0.589. The number of nitrogens with two attached hydrogens (primary N) is 1. The monoisotopic (exact) mass is 198 g/mol. The molecule has 4 atom stereocenters. The molecule has 2 rings (SSSR count). The second-order valence-electron chi connectivity index (χ2n) is 4.23. The van der Waals surface area contributed by atoms with Crippen molar-refractivity contribution in [1.82, 2.24) is 5.32 Å². The van der Waals surface area contributed by atoms with Crippen LogP contribution in [0.3, 0.4) is 0 Å². The van der Waals surface area contributed by atoms with Gasteiger partial charge in [-0.3, -0.25) is 4.79 Å². The zero-order chi connectivity index (χ0) is 10.3. The lowest BCUT2D eigenvalue weighted by molar-refractivity contribution is -0.144. The summed E-state index contributed by atoms with van der Waals surface area (Å²) in [5, 5.41) is 11.6. The van der Waals surface area contributed by atoms with E-state index in [1.54, 1.807) is 0 Å². The molecule has 5 heteroatoms. The lowest BCUT2D eigenvalue weighted by Crippen LogP contribution is -2.48. The van der Waals surface area contributed by atoms with E-state index < -0.39 is 17.9 Å². The molecule has 4 unspecified atom stereocenters. The maximum atomic E-state index is 11.0. The Bertz CT molecular complexity index is 279. The van der Waals surface area contributed by atoms with Crippen LogP contribution in [-0.2, 0) is 4.79 Å². The van der Waals surface area contributed by atoms with Gasteiger partial charge in [-0.05, 0) is 31.1 Å². The summed E-state index contributed by atoms with van der Waals surface area (Å²) in [6, 6.07) is -0.863. The number of amides is 2. The summed E-state index contributed by atoms with van der Waals surface area (Å²) in [7, 11) is 0. The molecule has 2 fully saturated rings. The van der Waals surface area contributed by atoms with Crippen LogP contribution in [0.2, 0.25) is 0 Å². The van der Waals surface area contributed by atoms with E-state index >= 15 is 0 Å². The highest BCUT2D eigenvalue weighted by Gasteiger charge is 2.51. The molecular formula is C9H14N2O3. The number of nitrogens with one attached hydrogen (secondary N) is 1. The number of primary amides is 1. The van der Waals surface area contributed by atoms with E-state index in [2.05, 4.69) is 5.32 Å². The smallest absolute Gasteiger partial charge is 0.312 e. The number of rotatable bonds is 2. The number of urea groups is 1. The Hall–Kier alpha value is -1.26. The first-order valence-corrected chi connectivity index (χ1v) is 4.88. The van der Waals surface area contributed by atoms with Crippen LogP contribution >= 0.6 is 0 Å². The zero-order valence-corrected chi connectivity index (χ0v) is 7.77. The number of carboxylic acids is 1. The molecule has 14 heavy (non-hydrogen) atoms. The fraction of sp³-hybridized carbons (Fsp3) is 0.778. The van der Waals surface area contributed by atoms with Crippen LogP contribution in [0.5, 0.6) is 0 Å². The van der Waals surface area contributed by atoms with Gasteiger partial charge in [-0.2, -0.15) is 0 Å². The summed E-state index contributed by atoms with van der Waals surface area (Å²) >= 11 is 0. The van der Waals surface area contributed by atoms with Gasteiger partial charge in [-0.15, -0.1) is 0 Å². The molecule has 0 aromatic carbocycles. The Morgan fingerprint density at radius 1 is 1.29 bits per heavy atom. The number of hydrogen-bond acceptors (Lipinski definition) is 2. The highest BCUT2D eigenvalue weighted by Crippen LogP contribution is 2.48. The van der Waals surface area contributed by atoms with E-state index in [9.17, 15) is 9.59 Å². The Labute approximate surface area is 81.7 Å². The van der Waals surface area contributed by atoms with Crippen LogP contribution in [-0.4, -0.2) is 23.1 Å². The van der Waals surface area contributed by atoms with Gasteiger partial charge in [0.25, 0.3) is 0 Å². The van der Waals surface area contributed by atoms with Crippen molar-refractivity contribution >= 4 is 12.0 Å². The Balaban J connectivity index is 2.13. The molecule has 0 radical (unpaired) electrons. The van der Waals surface area contributed by atoms with Gasteiger partial charge in [-0.25, -0.2) is 4.79 Å². The third-order valence-electron chi connectivity index (χ3n) is 3.51. The second-order valence-corrected chi connectivity index (χ2v) is 4.23. The summed E-state index contributed by atoms with van der Waals surface area (Å²) in [4.78, 5) is 21.7. The number of hydrogen-bond donors (Lipinski definition) is 3. The van der Waals surface area contributed by atoms with E-state index in [4.69, 9.17) is 10.8 Å². The Morgan fingerprint density at radius 3 is 2.50 bits per heavy atom. The predicted molar refractivity (Wildman–Crippen MR) is 48.5 cm³/mol. The third-order valence-corrected chi connectivity index (χ3v) is 3.51. The molecule has 0 saturated heterocycles. The van der Waals surface area contributed by atoms with Crippen LogP contribution in [0.4, 0.5) is 4.79 Å². The molecular weight excluding hydrogens is 184 g/mol. The average Bonchev–Trinajstić information content (AvgIpc) is 2.61. The second kappa shape index (κ2) is 3.15. The van der Waals surface area contributed by atoms with Gasteiger partial charge in [0.1, 0.15) is 0 Å². The predicted octanol–water partition coefficient (Wildman–Crippen LogP) is 0.154. The lowest BCUT2D eigenvalue weighted by Gasteiger charge is -2.27. The van der Waals surface area contributed by atoms with Crippen molar-refractivity contribution in [2.24, 2.45) is 23.5 Å². The topological polar surface area (TPSA) is 92.4 Å². The lowest BCUT2D eigenvalue weighted by atomic mass is 9.84. The molecule has 0 aliphatic heterocycles. The maximum Gasteiger partial charge on any atom is 0.312 e. The maximum absolute atomic E-state index is 11.0. The molecule has 2 aliphatic carbocycles. The van der Waals surface area contributed by atoms with Crippen molar-refractivity contribution in [3.8, 4) is 0 Å². The fourth-order valence-corrected chi connectivity index (χ4v) is 3.02. The number of carbonyl (C=O) groups is 2. The fourth-order valence-electron chi connectivity index (χ4n) is 3.02. The van der Waals surface area contributed by atoms with Crippen molar-refractivity contribution in [3.05, 3.63) is 0 Å². The van der Waals surface area contributed by atoms with Crippen LogP contribution in [0.25, 0.3) is 0 Å². The molecule has 0 aromatic heterocycles. The minimum Gasteiger partial charge on any atom is -0.481 e. The molecule has 0 heterocycles. The molecule has 2 amide bonds. The van der Waals surface area contributed by atoms with Gasteiger partial charge in [0.05, 0.1) is 5.92 Å². The molecule has 2 aliphatic rings. The summed E-state index contributed by atoms with van der Waals surface area (Å²) in [6.07, 6.45) is 2.90. The third kappa shape index (κ3) is 1.32. The molecule has 4 N–H and O–H groups in total. The molecule has 2 bridgehead atoms. The van der Waals surface area contributed by atoms with Gasteiger partial charge in [0.2, 0.25) is 0 Å². The van der Waals surface area contributed by atoms with E-state index in [-0.39, 0.29) is 12.0 Å². The van der Waals surface area contributed by atoms with Gasteiger partial charge in [0.15, 0.2) is 0 Å². The van der Waals surface area contributed by atoms with Crippen LogP contribution in [0.1, 0.15) is 19.3 Å². The van der Waals surface area contributed by atoms with Crippen molar-refractivity contribution in [2.45, 2.75) is 25.3 Å². The molecule has 0 aromatic rings. The first kappa shape index (κ1) is 9.30. The summed E-state index contributed by atoms with van der Waals surface area (Å²) in [5.41, 5.74) is 5.02. The van der Waals surface area contributed by atoms with Crippen LogP contribution < -0.4 is 11.1 Å².